The molecule has 5 nitrogen and oxygen atoms in total. The first-order valence-electron chi connectivity index (χ1n) is 6.69. The highest BCUT2D eigenvalue weighted by atomic mass is 16.4. The Hall–Kier alpha value is -1.91. The number of hydrogen-bond donors (Lipinski definition) is 1. The Bertz CT molecular complexity index is 600. The fraction of sp³-hybridized carbons (Fsp3) is 0.500. The van der Waals surface area contributed by atoms with E-state index in [9.17, 15) is 4.79 Å². The molecule has 100 valence electrons. The van der Waals surface area contributed by atoms with Gasteiger partial charge in [-0.05, 0) is 30.4 Å². The zero-order valence-electron chi connectivity index (χ0n) is 10.7. The molecule has 0 spiro atoms. The SMILES string of the molecule is O=C(O)CC1(Cc2nnc3ccccn23)CCCC1. The number of aliphatic carboxylic acids is 1. The van der Waals surface area contributed by atoms with Gasteiger partial charge in [-0.1, -0.05) is 18.9 Å². The van der Waals surface area contributed by atoms with Crippen LogP contribution >= 0.6 is 0 Å². The summed E-state index contributed by atoms with van der Waals surface area (Å²) in [5, 5.41) is 17.5. The minimum atomic E-state index is -0.712. The number of carboxylic acids is 1. The van der Waals surface area contributed by atoms with Crippen molar-refractivity contribution < 1.29 is 9.90 Å². The lowest BCUT2D eigenvalue weighted by Crippen LogP contribution is -2.24. The number of hydrogen-bond acceptors (Lipinski definition) is 3. The average molecular weight is 259 g/mol. The van der Waals surface area contributed by atoms with Gasteiger partial charge < -0.3 is 5.11 Å². The van der Waals surface area contributed by atoms with Gasteiger partial charge in [-0.3, -0.25) is 9.20 Å². The van der Waals surface area contributed by atoms with E-state index in [4.69, 9.17) is 5.11 Å². The van der Waals surface area contributed by atoms with Crippen LogP contribution in [0.15, 0.2) is 24.4 Å². The summed E-state index contributed by atoms with van der Waals surface area (Å²) in [5.41, 5.74) is 0.686. The Balaban J connectivity index is 1.91. The lowest BCUT2D eigenvalue weighted by Gasteiger charge is -2.26. The van der Waals surface area contributed by atoms with Gasteiger partial charge in [-0.15, -0.1) is 10.2 Å². The fourth-order valence-corrected chi connectivity index (χ4v) is 3.21. The zero-order chi connectivity index (χ0) is 13.3. The van der Waals surface area contributed by atoms with Gasteiger partial charge in [0.25, 0.3) is 0 Å². The van der Waals surface area contributed by atoms with Crippen molar-refractivity contribution in [1.82, 2.24) is 14.6 Å². The summed E-state index contributed by atoms with van der Waals surface area (Å²) in [6, 6.07) is 5.78. The Morgan fingerprint density at radius 1 is 1.32 bits per heavy atom. The molecular weight excluding hydrogens is 242 g/mol. The van der Waals surface area contributed by atoms with Crippen LogP contribution in [0.3, 0.4) is 0 Å². The molecule has 1 aliphatic rings. The van der Waals surface area contributed by atoms with Gasteiger partial charge in [0.2, 0.25) is 0 Å². The third-order valence-electron chi connectivity index (χ3n) is 4.11. The van der Waals surface area contributed by atoms with Crippen LogP contribution in [0.1, 0.15) is 37.9 Å². The number of nitrogens with zero attached hydrogens (tertiary/aromatic N) is 3. The van der Waals surface area contributed by atoms with Gasteiger partial charge in [0, 0.05) is 12.6 Å². The van der Waals surface area contributed by atoms with E-state index < -0.39 is 5.97 Å². The van der Waals surface area contributed by atoms with Crippen LogP contribution in [0.4, 0.5) is 0 Å². The molecule has 2 aromatic rings. The van der Waals surface area contributed by atoms with Crippen molar-refractivity contribution in [3.05, 3.63) is 30.2 Å². The zero-order valence-corrected chi connectivity index (χ0v) is 10.7. The van der Waals surface area contributed by atoms with Crippen LogP contribution < -0.4 is 0 Å². The fourth-order valence-electron chi connectivity index (χ4n) is 3.21. The normalized spacial score (nSPS) is 17.9. The van der Waals surface area contributed by atoms with Crippen molar-refractivity contribution in [1.29, 1.82) is 0 Å². The highest BCUT2D eigenvalue weighted by Gasteiger charge is 2.37. The second-order valence-electron chi connectivity index (χ2n) is 5.50. The maximum atomic E-state index is 11.1. The molecule has 3 rings (SSSR count). The lowest BCUT2D eigenvalue weighted by atomic mass is 9.79. The molecule has 0 amide bonds. The molecule has 0 radical (unpaired) electrons. The predicted molar refractivity (Wildman–Crippen MR) is 69.8 cm³/mol. The van der Waals surface area contributed by atoms with Crippen LogP contribution in [0.5, 0.6) is 0 Å². The summed E-state index contributed by atoms with van der Waals surface area (Å²) in [6.45, 7) is 0. The van der Waals surface area contributed by atoms with Gasteiger partial charge >= 0.3 is 5.97 Å². The number of carbonyl (C=O) groups is 1. The van der Waals surface area contributed by atoms with Crippen molar-refractivity contribution >= 4 is 11.6 Å². The van der Waals surface area contributed by atoms with Crippen molar-refractivity contribution in [2.75, 3.05) is 0 Å². The Morgan fingerprint density at radius 2 is 2.11 bits per heavy atom. The molecule has 1 saturated carbocycles. The third kappa shape index (κ3) is 2.32. The molecule has 2 heterocycles. The molecule has 0 aliphatic heterocycles. The van der Waals surface area contributed by atoms with Gasteiger partial charge in [-0.25, -0.2) is 0 Å². The summed E-state index contributed by atoms with van der Waals surface area (Å²) >= 11 is 0. The van der Waals surface area contributed by atoms with Crippen LogP contribution in [0.2, 0.25) is 0 Å². The number of fused-ring (bicyclic) bond motifs is 1. The van der Waals surface area contributed by atoms with Gasteiger partial charge in [0.15, 0.2) is 5.65 Å². The van der Waals surface area contributed by atoms with E-state index in [1.54, 1.807) is 0 Å². The largest absolute Gasteiger partial charge is 0.481 e. The minimum Gasteiger partial charge on any atom is -0.481 e. The summed E-state index contributed by atoms with van der Waals surface area (Å²) in [7, 11) is 0. The third-order valence-corrected chi connectivity index (χ3v) is 4.11. The first kappa shape index (κ1) is 12.1. The molecule has 0 aromatic carbocycles. The molecule has 2 aromatic heterocycles. The average Bonchev–Trinajstić information content (AvgIpc) is 2.98. The molecule has 19 heavy (non-hydrogen) atoms. The minimum absolute atomic E-state index is 0.134. The summed E-state index contributed by atoms with van der Waals surface area (Å²) in [5.74, 6) is 0.162. The van der Waals surface area contributed by atoms with Crippen molar-refractivity contribution in [3.63, 3.8) is 0 Å². The molecule has 0 saturated heterocycles. The maximum absolute atomic E-state index is 11.1. The monoisotopic (exact) mass is 259 g/mol. The van der Waals surface area contributed by atoms with E-state index in [1.165, 1.54) is 0 Å². The number of rotatable bonds is 4. The Labute approximate surface area is 111 Å². The first-order valence-corrected chi connectivity index (χ1v) is 6.69. The van der Waals surface area contributed by atoms with Crippen molar-refractivity contribution in [3.8, 4) is 0 Å². The van der Waals surface area contributed by atoms with E-state index in [-0.39, 0.29) is 11.8 Å². The predicted octanol–water partition coefficient (Wildman–Crippen LogP) is 2.31. The first-order chi connectivity index (χ1) is 9.19. The van der Waals surface area contributed by atoms with Gasteiger partial charge in [-0.2, -0.15) is 0 Å². The molecule has 0 atom stereocenters. The van der Waals surface area contributed by atoms with E-state index in [2.05, 4.69) is 10.2 Å². The van der Waals surface area contributed by atoms with Gasteiger partial charge in [0.1, 0.15) is 5.82 Å². The quantitative estimate of drug-likeness (QED) is 0.914. The lowest BCUT2D eigenvalue weighted by molar-refractivity contribution is -0.139. The second kappa shape index (κ2) is 4.64. The molecular formula is C14H17N3O2. The highest BCUT2D eigenvalue weighted by Crippen LogP contribution is 2.43. The summed E-state index contributed by atoms with van der Waals surface area (Å²) in [6.07, 6.45) is 7.05. The highest BCUT2D eigenvalue weighted by molar-refractivity contribution is 5.67. The molecule has 1 N–H and O–H groups in total. The van der Waals surface area contributed by atoms with E-state index in [0.29, 0.717) is 6.42 Å². The number of carboxylic acid groups (broad SMARTS) is 1. The van der Waals surface area contributed by atoms with Gasteiger partial charge in [0.05, 0.1) is 6.42 Å². The standard InChI is InChI=1S/C14H17N3O2/c18-13(19)10-14(6-2-3-7-14)9-12-16-15-11-5-1-4-8-17(11)12/h1,4-5,8H,2-3,6-7,9-10H2,(H,18,19). The molecule has 0 unspecified atom stereocenters. The van der Waals surface area contributed by atoms with E-state index in [0.717, 1.165) is 37.2 Å². The van der Waals surface area contributed by atoms with Crippen LogP contribution in [-0.2, 0) is 11.2 Å². The van der Waals surface area contributed by atoms with Crippen LogP contribution in [-0.4, -0.2) is 25.7 Å². The Morgan fingerprint density at radius 3 is 2.84 bits per heavy atom. The molecule has 0 bridgehead atoms. The van der Waals surface area contributed by atoms with Crippen molar-refractivity contribution in [2.24, 2.45) is 5.41 Å². The second-order valence-corrected chi connectivity index (χ2v) is 5.50. The smallest absolute Gasteiger partial charge is 0.303 e. The summed E-state index contributed by atoms with van der Waals surface area (Å²) in [4.78, 5) is 11.1. The topological polar surface area (TPSA) is 67.5 Å². The maximum Gasteiger partial charge on any atom is 0.303 e. The van der Waals surface area contributed by atoms with E-state index in [1.807, 2.05) is 28.8 Å². The van der Waals surface area contributed by atoms with Crippen LogP contribution in [0.25, 0.3) is 5.65 Å². The summed E-state index contributed by atoms with van der Waals surface area (Å²) < 4.78 is 1.96. The van der Waals surface area contributed by atoms with Crippen LogP contribution in [0, 0.1) is 5.41 Å². The Kier molecular flexibility index (Phi) is 2.97. The molecule has 5 heteroatoms. The molecule has 1 fully saturated rings. The number of aromatic nitrogens is 3. The van der Waals surface area contributed by atoms with E-state index >= 15 is 0 Å². The number of pyridine rings is 1. The van der Waals surface area contributed by atoms with Crippen molar-refractivity contribution in [2.45, 2.75) is 38.5 Å². The molecule has 1 aliphatic carbocycles.